The molecule has 0 aromatic rings. The Bertz CT molecular complexity index is 141. The first kappa shape index (κ1) is 5.92. The van der Waals surface area contributed by atoms with Gasteiger partial charge >= 0.3 is 0 Å². The van der Waals surface area contributed by atoms with Gasteiger partial charge in [-0.1, -0.05) is 23.2 Å². The molecule has 1 rings (SSSR count). The fraction of sp³-hybridized carbons (Fsp3) is 0.250. The lowest BCUT2D eigenvalue weighted by atomic mass is 10.5. The summed E-state index contributed by atoms with van der Waals surface area (Å²) in [7, 11) is 0. The molecule has 1 unspecified atom stereocenters. The monoisotopic (exact) mass is 150 g/mol. The van der Waals surface area contributed by atoms with Crippen molar-refractivity contribution in [2.75, 3.05) is 0 Å². The van der Waals surface area contributed by atoms with Gasteiger partial charge in [0.05, 0.1) is 0 Å². The van der Waals surface area contributed by atoms with Gasteiger partial charge in [0, 0.05) is 0 Å². The van der Waals surface area contributed by atoms with E-state index in [1.807, 2.05) is 0 Å². The van der Waals surface area contributed by atoms with Crippen molar-refractivity contribution in [3.63, 3.8) is 0 Å². The van der Waals surface area contributed by atoms with Crippen LogP contribution in [0.15, 0.2) is 17.3 Å². The van der Waals surface area contributed by atoms with Crippen molar-refractivity contribution in [2.24, 2.45) is 5.10 Å². The van der Waals surface area contributed by atoms with Crippen LogP contribution in [0.3, 0.4) is 0 Å². The summed E-state index contributed by atoms with van der Waals surface area (Å²) in [6.45, 7) is 0. The minimum absolute atomic E-state index is 0.211. The van der Waals surface area contributed by atoms with Crippen LogP contribution in [0, 0.1) is 0 Å². The van der Waals surface area contributed by atoms with Crippen molar-refractivity contribution in [1.29, 1.82) is 0 Å². The molecule has 0 spiro atoms. The van der Waals surface area contributed by atoms with Gasteiger partial charge in [-0.2, -0.15) is 5.10 Å². The Morgan fingerprint density at radius 1 is 1.75 bits per heavy atom. The average molecular weight is 151 g/mol. The molecule has 0 radical (unpaired) electrons. The summed E-state index contributed by atoms with van der Waals surface area (Å²) in [6, 6.07) is 0. The molecule has 2 nitrogen and oxygen atoms in total. The number of nitrogens with one attached hydrogen (secondary N) is 1. The molecule has 0 fully saturated rings. The molecule has 8 heavy (non-hydrogen) atoms. The predicted octanol–water partition coefficient (Wildman–Crippen LogP) is 1.26. The second-order valence-corrected chi connectivity index (χ2v) is 2.18. The van der Waals surface area contributed by atoms with Crippen molar-refractivity contribution >= 4 is 28.4 Å². The number of hydrazone groups is 1. The fourth-order valence-electron chi connectivity index (χ4n) is 0.368. The number of rotatable bonds is 0. The van der Waals surface area contributed by atoms with Crippen molar-refractivity contribution in [2.45, 2.75) is 5.50 Å². The maximum atomic E-state index is 5.52. The summed E-state index contributed by atoms with van der Waals surface area (Å²) < 4.78 is 0. The first-order chi connectivity index (χ1) is 3.79. The van der Waals surface area contributed by atoms with Crippen molar-refractivity contribution in [3.05, 3.63) is 12.2 Å². The van der Waals surface area contributed by atoms with Gasteiger partial charge in [0.2, 0.25) is 0 Å². The molecule has 1 aliphatic rings. The molecule has 1 atom stereocenters. The lowest BCUT2D eigenvalue weighted by Gasteiger charge is -2.06. The van der Waals surface area contributed by atoms with E-state index in [0.29, 0.717) is 5.17 Å². The SMILES string of the molecule is ClC1=NNC(Cl)C=C1. The highest BCUT2D eigenvalue weighted by Crippen LogP contribution is 2.00. The average Bonchev–Trinajstić information content (AvgIpc) is 1.77. The quantitative estimate of drug-likeness (QED) is 0.409. The van der Waals surface area contributed by atoms with E-state index >= 15 is 0 Å². The van der Waals surface area contributed by atoms with E-state index in [1.165, 1.54) is 0 Å². The van der Waals surface area contributed by atoms with Crippen LogP contribution in [-0.4, -0.2) is 10.7 Å². The third-order valence-corrected chi connectivity index (χ3v) is 1.15. The Balaban J connectivity index is 2.58. The lowest BCUT2D eigenvalue weighted by molar-refractivity contribution is 0.769. The fourth-order valence-corrected chi connectivity index (χ4v) is 0.611. The first-order valence-corrected chi connectivity index (χ1v) is 2.91. The standard InChI is InChI=1S/C4H4Cl2N2/c5-3-1-2-4(6)8-7-3/h1-3,7H. The predicted molar refractivity (Wildman–Crippen MR) is 35.2 cm³/mol. The largest absolute Gasteiger partial charge is 0.287 e. The van der Waals surface area contributed by atoms with E-state index in [4.69, 9.17) is 23.2 Å². The molecule has 1 heterocycles. The van der Waals surface area contributed by atoms with Crippen LogP contribution >= 0.6 is 23.2 Å². The zero-order valence-corrected chi connectivity index (χ0v) is 5.45. The zero-order valence-electron chi connectivity index (χ0n) is 3.94. The van der Waals surface area contributed by atoms with Gasteiger partial charge in [0.25, 0.3) is 0 Å². The van der Waals surface area contributed by atoms with Crippen molar-refractivity contribution in [3.8, 4) is 0 Å². The van der Waals surface area contributed by atoms with Gasteiger partial charge < -0.3 is 0 Å². The summed E-state index contributed by atoms with van der Waals surface area (Å²) in [5.74, 6) is 0. The van der Waals surface area contributed by atoms with Crippen LogP contribution in [0.5, 0.6) is 0 Å². The first-order valence-electron chi connectivity index (χ1n) is 2.10. The summed E-state index contributed by atoms with van der Waals surface area (Å²) >= 11 is 10.9. The molecule has 1 N–H and O–H groups in total. The molecule has 0 saturated carbocycles. The smallest absolute Gasteiger partial charge is 0.148 e. The summed E-state index contributed by atoms with van der Waals surface area (Å²) in [5.41, 5.74) is 2.36. The minimum atomic E-state index is -0.211. The number of allylic oxidation sites excluding steroid dienone is 1. The van der Waals surface area contributed by atoms with Crippen LogP contribution in [-0.2, 0) is 0 Å². The highest BCUT2D eigenvalue weighted by molar-refractivity contribution is 6.68. The Morgan fingerprint density at radius 3 is 2.88 bits per heavy atom. The van der Waals surface area contributed by atoms with Crippen molar-refractivity contribution < 1.29 is 0 Å². The van der Waals surface area contributed by atoms with Crippen LogP contribution in [0.2, 0.25) is 0 Å². The number of halogens is 2. The van der Waals surface area contributed by atoms with Gasteiger partial charge in [0.15, 0.2) is 0 Å². The third kappa shape index (κ3) is 1.39. The van der Waals surface area contributed by atoms with Crippen molar-refractivity contribution in [1.82, 2.24) is 5.43 Å². The molecule has 44 valence electrons. The molecule has 0 aliphatic carbocycles. The third-order valence-electron chi connectivity index (χ3n) is 0.697. The normalized spacial score (nSPS) is 26.8. The lowest BCUT2D eigenvalue weighted by Crippen LogP contribution is -2.19. The molecular formula is C4H4Cl2N2. The van der Waals surface area contributed by atoms with Gasteiger partial charge in [0.1, 0.15) is 10.7 Å². The number of alkyl halides is 1. The second kappa shape index (κ2) is 2.37. The molecule has 0 aromatic carbocycles. The molecule has 1 aliphatic heterocycles. The van der Waals surface area contributed by atoms with E-state index in [0.717, 1.165) is 0 Å². The van der Waals surface area contributed by atoms with Crippen LogP contribution < -0.4 is 5.43 Å². The summed E-state index contributed by atoms with van der Waals surface area (Å²) in [5, 5.41) is 4.06. The number of hydrogen-bond donors (Lipinski definition) is 1. The van der Waals surface area contributed by atoms with Crippen LogP contribution in [0.25, 0.3) is 0 Å². The number of hydrogen-bond acceptors (Lipinski definition) is 2. The highest BCUT2D eigenvalue weighted by Gasteiger charge is 2.00. The highest BCUT2D eigenvalue weighted by atomic mass is 35.5. The Labute approximate surface area is 57.2 Å². The van der Waals surface area contributed by atoms with Gasteiger partial charge in [-0.3, -0.25) is 5.43 Å². The summed E-state index contributed by atoms with van der Waals surface area (Å²) in [6.07, 6.45) is 3.37. The van der Waals surface area contributed by atoms with E-state index in [1.54, 1.807) is 12.2 Å². The Morgan fingerprint density at radius 2 is 2.50 bits per heavy atom. The van der Waals surface area contributed by atoms with Gasteiger partial charge in [-0.05, 0) is 12.2 Å². The van der Waals surface area contributed by atoms with Gasteiger partial charge in [-0.25, -0.2) is 0 Å². The van der Waals surface area contributed by atoms with E-state index in [-0.39, 0.29) is 5.50 Å². The maximum absolute atomic E-state index is 5.52. The van der Waals surface area contributed by atoms with Gasteiger partial charge in [-0.15, -0.1) is 0 Å². The molecule has 0 amide bonds. The van der Waals surface area contributed by atoms with E-state index in [2.05, 4.69) is 10.5 Å². The maximum Gasteiger partial charge on any atom is 0.148 e. The summed E-state index contributed by atoms with van der Waals surface area (Å²) in [4.78, 5) is 0. The Kier molecular flexibility index (Phi) is 1.76. The van der Waals surface area contributed by atoms with E-state index < -0.39 is 0 Å². The van der Waals surface area contributed by atoms with E-state index in [9.17, 15) is 0 Å². The molecule has 0 saturated heterocycles. The topological polar surface area (TPSA) is 24.4 Å². The van der Waals surface area contributed by atoms with Crippen LogP contribution in [0.1, 0.15) is 0 Å². The molecule has 0 bridgehead atoms. The molecule has 0 aromatic heterocycles. The zero-order chi connectivity index (χ0) is 5.98. The number of nitrogens with zero attached hydrogens (tertiary/aromatic N) is 1. The molecule has 4 heteroatoms. The second-order valence-electron chi connectivity index (χ2n) is 1.32. The van der Waals surface area contributed by atoms with Crippen LogP contribution in [0.4, 0.5) is 0 Å². The Hall–Kier alpha value is -0.210. The molecular weight excluding hydrogens is 147 g/mol. The minimum Gasteiger partial charge on any atom is -0.287 e.